The molecule has 116 valence electrons. The van der Waals surface area contributed by atoms with Crippen LogP contribution < -0.4 is 15.4 Å². The molecule has 2 aromatic rings. The van der Waals surface area contributed by atoms with Crippen molar-refractivity contribution in [1.29, 1.82) is 0 Å². The summed E-state index contributed by atoms with van der Waals surface area (Å²) in [7, 11) is 0. The molecule has 0 unspecified atom stereocenters. The smallest absolute Gasteiger partial charge is 0.319 e. The third-order valence-corrected chi connectivity index (χ3v) is 2.86. The molecule has 22 heavy (non-hydrogen) atoms. The molecule has 0 spiro atoms. The number of amides is 2. The average molecular weight is 327 g/mol. The van der Waals surface area contributed by atoms with E-state index in [4.69, 9.17) is 16.3 Å². The van der Waals surface area contributed by atoms with Gasteiger partial charge < -0.3 is 15.4 Å². The zero-order chi connectivity index (χ0) is 15.9. The van der Waals surface area contributed by atoms with Crippen LogP contribution in [0.1, 0.15) is 0 Å². The topological polar surface area (TPSA) is 50.4 Å². The third kappa shape index (κ3) is 4.89. The van der Waals surface area contributed by atoms with E-state index in [1.165, 1.54) is 6.07 Å². The van der Waals surface area contributed by atoms with Gasteiger partial charge in [-0.2, -0.15) is 0 Å². The standard InChI is InChI=1S/C15H13ClF2N2O2/c16-10-2-1-3-12(8-10)20-15(21)19-6-7-22-14-5-4-11(17)9-13(14)18/h1-5,8-9H,6-7H2,(H2,19,20,21). The molecule has 0 bridgehead atoms. The van der Waals surface area contributed by atoms with Gasteiger partial charge in [0.15, 0.2) is 11.6 Å². The molecule has 2 amide bonds. The number of hydrogen-bond acceptors (Lipinski definition) is 2. The number of hydrogen-bond donors (Lipinski definition) is 2. The van der Waals surface area contributed by atoms with Crippen LogP contribution in [-0.2, 0) is 0 Å². The summed E-state index contributed by atoms with van der Waals surface area (Å²) in [5, 5.41) is 5.63. The van der Waals surface area contributed by atoms with Crippen molar-refractivity contribution in [2.24, 2.45) is 0 Å². The van der Waals surface area contributed by atoms with Gasteiger partial charge in [-0.3, -0.25) is 0 Å². The lowest BCUT2D eigenvalue weighted by Gasteiger charge is -2.09. The van der Waals surface area contributed by atoms with Gasteiger partial charge in [0.05, 0.1) is 6.54 Å². The third-order valence-electron chi connectivity index (χ3n) is 2.62. The fraction of sp³-hybridized carbons (Fsp3) is 0.133. The molecular weight excluding hydrogens is 314 g/mol. The molecule has 7 heteroatoms. The Labute approximate surface area is 131 Å². The fourth-order valence-corrected chi connectivity index (χ4v) is 1.85. The van der Waals surface area contributed by atoms with Crippen molar-refractivity contribution in [1.82, 2.24) is 5.32 Å². The highest BCUT2D eigenvalue weighted by Crippen LogP contribution is 2.17. The van der Waals surface area contributed by atoms with E-state index in [1.807, 2.05) is 0 Å². The molecule has 0 saturated heterocycles. The van der Waals surface area contributed by atoms with Crippen LogP contribution in [0.25, 0.3) is 0 Å². The highest BCUT2D eigenvalue weighted by atomic mass is 35.5. The fourth-order valence-electron chi connectivity index (χ4n) is 1.66. The van der Waals surface area contributed by atoms with E-state index in [-0.39, 0.29) is 18.9 Å². The molecule has 0 saturated carbocycles. The van der Waals surface area contributed by atoms with Crippen molar-refractivity contribution in [3.63, 3.8) is 0 Å². The van der Waals surface area contributed by atoms with Gasteiger partial charge in [-0.1, -0.05) is 17.7 Å². The molecule has 2 rings (SSSR count). The van der Waals surface area contributed by atoms with Gasteiger partial charge in [-0.05, 0) is 30.3 Å². The molecule has 0 heterocycles. The Morgan fingerprint density at radius 1 is 1.18 bits per heavy atom. The summed E-state index contributed by atoms with van der Waals surface area (Å²) >= 11 is 5.79. The number of carbonyl (C=O) groups is 1. The number of benzene rings is 2. The van der Waals surface area contributed by atoms with Crippen LogP contribution in [-0.4, -0.2) is 19.2 Å². The van der Waals surface area contributed by atoms with Gasteiger partial charge in [0.1, 0.15) is 12.4 Å². The molecule has 0 aromatic heterocycles. The Morgan fingerprint density at radius 3 is 2.73 bits per heavy atom. The second-order valence-corrected chi connectivity index (χ2v) is 4.75. The van der Waals surface area contributed by atoms with E-state index in [0.717, 1.165) is 12.1 Å². The van der Waals surface area contributed by atoms with Crippen molar-refractivity contribution < 1.29 is 18.3 Å². The molecule has 0 aliphatic rings. The maximum Gasteiger partial charge on any atom is 0.319 e. The number of nitrogens with one attached hydrogen (secondary N) is 2. The van der Waals surface area contributed by atoms with Gasteiger partial charge >= 0.3 is 6.03 Å². The molecular formula is C15H13ClF2N2O2. The predicted molar refractivity (Wildman–Crippen MR) is 80.3 cm³/mol. The lowest BCUT2D eigenvalue weighted by Crippen LogP contribution is -2.32. The Hall–Kier alpha value is -2.34. The van der Waals surface area contributed by atoms with E-state index in [0.29, 0.717) is 10.7 Å². The summed E-state index contributed by atoms with van der Waals surface area (Å²) in [5.74, 6) is -1.54. The molecule has 2 N–H and O–H groups in total. The first-order valence-corrected chi connectivity index (χ1v) is 6.80. The molecule has 4 nitrogen and oxygen atoms in total. The number of halogens is 3. The minimum atomic E-state index is -0.789. The van der Waals surface area contributed by atoms with Crippen molar-refractivity contribution in [3.8, 4) is 5.75 Å². The van der Waals surface area contributed by atoms with Gasteiger partial charge in [-0.15, -0.1) is 0 Å². The summed E-state index contributed by atoms with van der Waals surface area (Å²) in [4.78, 5) is 11.6. The summed E-state index contributed by atoms with van der Waals surface area (Å²) in [6, 6.07) is 9.27. The van der Waals surface area contributed by atoms with Crippen molar-refractivity contribution in [2.75, 3.05) is 18.5 Å². The van der Waals surface area contributed by atoms with Crippen LogP contribution in [0.4, 0.5) is 19.3 Å². The number of carbonyl (C=O) groups excluding carboxylic acids is 1. The first kappa shape index (κ1) is 16.0. The van der Waals surface area contributed by atoms with Crippen LogP contribution in [0.3, 0.4) is 0 Å². The molecule has 0 radical (unpaired) electrons. The average Bonchev–Trinajstić information content (AvgIpc) is 2.45. The van der Waals surface area contributed by atoms with Crippen LogP contribution in [0, 0.1) is 11.6 Å². The first-order valence-electron chi connectivity index (χ1n) is 6.43. The summed E-state index contributed by atoms with van der Waals surface area (Å²) in [6.45, 7) is 0.203. The lowest BCUT2D eigenvalue weighted by atomic mass is 10.3. The summed E-state index contributed by atoms with van der Waals surface area (Å²) in [6.07, 6.45) is 0. The molecule has 0 fully saturated rings. The zero-order valence-electron chi connectivity index (χ0n) is 11.4. The Bertz CT molecular complexity index is 668. The van der Waals surface area contributed by atoms with E-state index in [1.54, 1.807) is 24.3 Å². The lowest BCUT2D eigenvalue weighted by molar-refractivity contribution is 0.246. The Morgan fingerprint density at radius 2 is 2.00 bits per heavy atom. The highest BCUT2D eigenvalue weighted by molar-refractivity contribution is 6.30. The van der Waals surface area contributed by atoms with Gasteiger partial charge in [0.2, 0.25) is 0 Å². The van der Waals surface area contributed by atoms with E-state index in [9.17, 15) is 13.6 Å². The minimum Gasteiger partial charge on any atom is -0.489 e. The van der Waals surface area contributed by atoms with Crippen LogP contribution >= 0.6 is 11.6 Å². The predicted octanol–water partition coefficient (Wildman–Crippen LogP) is 3.82. The Kier molecular flexibility index (Phi) is 5.55. The van der Waals surface area contributed by atoms with E-state index in [2.05, 4.69) is 10.6 Å². The second-order valence-electron chi connectivity index (χ2n) is 4.31. The number of anilines is 1. The number of urea groups is 1. The van der Waals surface area contributed by atoms with Crippen molar-refractivity contribution in [2.45, 2.75) is 0 Å². The first-order chi connectivity index (χ1) is 10.5. The number of ether oxygens (including phenoxy) is 1. The minimum absolute atomic E-state index is 0.0471. The second kappa shape index (κ2) is 7.61. The molecule has 2 aromatic carbocycles. The van der Waals surface area contributed by atoms with E-state index < -0.39 is 17.7 Å². The maximum absolute atomic E-state index is 13.3. The van der Waals surface area contributed by atoms with Crippen LogP contribution in [0.15, 0.2) is 42.5 Å². The monoisotopic (exact) mass is 326 g/mol. The molecule has 0 aliphatic carbocycles. The van der Waals surface area contributed by atoms with E-state index >= 15 is 0 Å². The van der Waals surface area contributed by atoms with Crippen LogP contribution in [0.5, 0.6) is 5.75 Å². The summed E-state index contributed by atoms with van der Waals surface area (Å²) < 4.78 is 31.1. The van der Waals surface area contributed by atoms with Gasteiger partial charge in [-0.25, -0.2) is 13.6 Å². The SMILES string of the molecule is O=C(NCCOc1ccc(F)cc1F)Nc1cccc(Cl)c1. The highest BCUT2D eigenvalue weighted by Gasteiger charge is 2.05. The normalized spacial score (nSPS) is 10.1. The Balaban J connectivity index is 1.73. The summed E-state index contributed by atoms with van der Waals surface area (Å²) in [5.41, 5.74) is 0.551. The molecule has 0 atom stereocenters. The zero-order valence-corrected chi connectivity index (χ0v) is 12.2. The largest absolute Gasteiger partial charge is 0.489 e. The number of rotatable bonds is 5. The molecule has 0 aliphatic heterocycles. The van der Waals surface area contributed by atoms with Crippen LogP contribution in [0.2, 0.25) is 5.02 Å². The van der Waals surface area contributed by atoms with Crippen molar-refractivity contribution >= 4 is 23.3 Å². The maximum atomic E-state index is 13.3. The van der Waals surface area contributed by atoms with Crippen molar-refractivity contribution in [3.05, 3.63) is 59.1 Å². The quantitative estimate of drug-likeness (QED) is 0.821. The van der Waals surface area contributed by atoms with Gasteiger partial charge in [0, 0.05) is 16.8 Å². The van der Waals surface area contributed by atoms with Gasteiger partial charge in [0.25, 0.3) is 0 Å².